The molecule has 0 fully saturated rings. The van der Waals surface area contributed by atoms with Crippen molar-refractivity contribution in [3.63, 3.8) is 0 Å². The van der Waals surface area contributed by atoms with E-state index in [9.17, 15) is 4.79 Å². The van der Waals surface area contributed by atoms with Gasteiger partial charge < -0.3 is 5.32 Å². The molecule has 2 aromatic rings. The number of amides is 1. The molecule has 0 aromatic heterocycles. The van der Waals surface area contributed by atoms with Gasteiger partial charge in [-0.05, 0) is 17.7 Å². The Labute approximate surface area is 128 Å². The van der Waals surface area contributed by atoms with E-state index >= 15 is 0 Å². The van der Waals surface area contributed by atoms with Crippen LogP contribution in [-0.4, -0.2) is 18.7 Å². The average molecular weight is 302 g/mol. The highest BCUT2D eigenvalue weighted by Crippen LogP contribution is 2.19. The van der Waals surface area contributed by atoms with E-state index in [0.717, 1.165) is 11.3 Å². The minimum absolute atomic E-state index is 0.117. The second kappa shape index (κ2) is 8.07. The van der Waals surface area contributed by atoms with Gasteiger partial charge in [0.1, 0.15) is 0 Å². The van der Waals surface area contributed by atoms with E-state index in [1.54, 1.807) is 12.3 Å². The number of hydrazone groups is 1. The lowest BCUT2D eigenvalue weighted by Crippen LogP contribution is -2.26. The Balaban J connectivity index is 1.71. The van der Waals surface area contributed by atoms with Crippen molar-refractivity contribution >= 4 is 29.4 Å². The highest BCUT2D eigenvalue weighted by molar-refractivity contribution is 6.33. The summed E-state index contributed by atoms with van der Waals surface area (Å²) in [5, 5.41) is 7.44. The molecule has 1 amide bonds. The maximum absolute atomic E-state index is 11.6. The van der Waals surface area contributed by atoms with Crippen molar-refractivity contribution in [1.29, 1.82) is 0 Å². The number of carbonyl (C=O) groups excluding carboxylic acids is 1. The van der Waals surface area contributed by atoms with Crippen molar-refractivity contribution in [3.05, 3.63) is 65.2 Å². The fourth-order valence-electron chi connectivity index (χ4n) is 1.70. The number of rotatable bonds is 6. The molecule has 108 valence electrons. The minimum atomic E-state index is -0.223. The van der Waals surface area contributed by atoms with Crippen LogP contribution >= 0.6 is 11.6 Å². The second-order valence-corrected chi connectivity index (χ2v) is 4.78. The van der Waals surface area contributed by atoms with Gasteiger partial charge in [0, 0.05) is 12.6 Å². The average Bonchev–Trinajstić information content (AvgIpc) is 2.52. The van der Waals surface area contributed by atoms with Gasteiger partial charge in [0.05, 0.1) is 17.3 Å². The zero-order valence-corrected chi connectivity index (χ0v) is 12.2. The maximum atomic E-state index is 11.6. The topological polar surface area (TPSA) is 53.5 Å². The van der Waals surface area contributed by atoms with Crippen LogP contribution in [0.3, 0.4) is 0 Å². The summed E-state index contributed by atoms with van der Waals surface area (Å²) in [6, 6.07) is 17.2. The van der Waals surface area contributed by atoms with E-state index in [4.69, 9.17) is 11.6 Å². The fraction of sp³-hybridized carbons (Fsp3) is 0.125. The predicted octanol–water partition coefficient (Wildman–Crippen LogP) is 3.10. The van der Waals surface area contributed by atoms with Crippen molar-refractivity contribution in [2.45, 2.75) is 6.42 Å². The van der Waals surface area contributed by atoms with Crippen LogP contribution in [0.15, 0.2) is 59.7 Å². The van der Waals surface area contributed by atoms with E-state index < -0.39 is 0 Å². The van der Waals surface area contributed by atoms with Gasteiger partial charge in [-0.3, -0.25) is 4.79 Å². The van der Waals surface area contributed by atoms with E-state index in [-0.39, 0.29) is 12.5 Å². The molecular weight excluding hydrogens is 286 g/mol. The van der Waals surface area contributed by atoms with Gasteiger partial charge >= 0.3 is 0 Å². The first-order valence-electron chi connectivity index (χ1n) is 6.58. The summed E-state index contributed by atoms with van der Waals surface area (Å²) in [5.74, 6) is -0.223. The lowest BCUT2D eigenvalue weighted by molar-refractivity contribution is -0.119. The van der Waals surface area contributed by atoms with Crippen molar-refractivity contribution in [2.24, 2.45) is 5.10 Å². The molecule has 0 aliphatic rings. The summed E-state index contributed by atoms with van der Waals surface area (Å²) in [4.78, 5) is 11.6. The monoisotopic (exact) mass is 301 g/mol. The van der Waals surface area contributed by atoms with Gasteiger partial charge in [0.25, 0.3) is 5.91 Å². The Hall–Kier alpha value is -2.33. The maximum Gasteiger partial charge on any atom is 0.259 e. The molecule has 0 atom stereocenters. The molecule has 0 bridgehead atoms. The van der Waals surface area contributed by atoms with Gasteiger partial charge in [-0.2, -0.15) is 5.10 Å². The van der Waals surface area contributed by atoms with E-state index in [2.05, 4.69) is 15.8 Å². The highest BCUT2D eigenvalue weighted by atomic mass is 35.5. The molecule has 0 saturated carbocycles. The quantitative estimate of drug-likeness (QED) is 0.636. The first-order valence-corrected chi connectivity index (χ1v) is 6.96. The standard InChI is InChI=1S/C16H16ClN3O/c17-14-8-4-5-9-15(14)18-12-16(21)20-19-11-10-13-6-2-1-3-7-13/h1-9,11,18H,10,12H2,(H,20,21). The van der Waals surface area contributed by atoms with Gasteiger partial charge in [-0.1, -0.05) is 54.1 Å². The molecule has 5 heteroatoms. The SMILES string of the molecule is O=C(CNc1ccccc1Cl)NN=CCc1ccccc1. The molecular formula is C16H16ClN3O. The van der Waals surface area contributed by atoms with Crippen molar-refractivity contribution in [1.82, 2.24) is 5.43 Å². The largest absolute Gasteiger partial charge is 0.375 e. The number of para-hydroxylation sites is 1. The molecule has 2 N–H and O–H groups in total. The Bertz CT molecular complexity index is 614. The summed E-state index contributed by atoms with van der Waals surface area (Å²) in [7, 11) is 0. The number of anilines is 1. The molecule has 2 aromatic carbocycles. The number of nitrogens with one attached hydrogen (secondary N) is 2. The molecule has 0 aliphatic heterocycles. The van der Waals surface area contributed by atoms with Crippen LogP contribution in [0, 0.1) is 0 Å². The molecule has 4 nitrogen and oxygen atoms in total. The summed E-state index contributed by atoms with van der Waals surface area (Å²) in [5.41, 5.74) is 4.34. The second-order valence-electron chi connectivity index (χ2n) is 4.37. The molecule has 0 aliphatic carbocycles. The van der Waals surface area contributed by atoms with Crippen LogP contribution in [0.4, 0.5) is 5.69 Å². The lowest BCUT2D eigenvalue weighted by Gasteiger charge is -2.06. The molecule has 0 unspecified atom stereocenters. The summed E-state index contributed by atoms with van der Waals surface area (Å²) in [6.07, 6.45) is 2.35. The predicted molar refractivity (Wildman–Crippen MR) is 86.7 cm³/mol. The van der Waals surface area contributed by atoms with Crippen molar-refractivity contribution in [2.75, 3.05) is 11.9 Å². The summed E-state index contributed by atoms with van der Waals surface area (Å²) < 4.78 is 0. The van der Waals surface area contributed by atoms with E-state index in [1.807, 2.05) is 48.5 Å². The number of benzene rings is 2. The Morgan fingerprint density at radius 1 is 1.10 bits per heavy atom. The number of halogens is 1. The Morgan fingerprint density at radius 2 is 1.81 bits per heavy atom. The first-order chi connectivity index (χ1) is 10.3. The third-order valence-electron chi connectivity index (χ3n) is 2.76. The summed E-state index contributed by atoms with van der Waals surface area (Å²) >= 11 is 5.98. The van der Waals surface area contributed by atoms with Crippen LogP contribution in [-0.2, 0) is 11.2 Å². The highest BCUT2D eigenvalue weighted by Gasteiger charge is 2.01. The van der Waals surface area contributed by atoms with Crippen LogP contribution in [0.2, 0.25) is 5.02 Å². The molecule has 21 heavy (non-hydrogen) atoms. The van der Waals surface area contributed by atoms with Crippen LogP contribution in [0.5, 0.6) is 0 Å². The number of carbonyl (C=O) groups is 1. The molecule has 0 spiro atoms. The normalized spacial score (nSPS) is 10.5. The van der Waals surface area contributed by atoms with Crippen LogP contribution < -0.4 is 10.7 Å². The van der Waals surface area contributed by atoms with Gasteiger partial charge in [0.15, 0.2) is 0 Å². The smallest absolute Gasteiger partial charge is 0.259 e. The van der Waals surface area contributed by atoms with E-state index in [0.29, 0.717) is 11.4 Å². The van der Waals surface area contributed by atoms with Gasteiger partial charge in [-0.15, -0.1) is 0 Å². The van der Waals surface area contributed by atoms with Crippen molar-refractivity contribution < 1.29 is 4.79 Å². The van der Waals surface area contributed by atoms with Gasteiger partial charge in [0.2, 0.25) is 0 Å². The fourth-order valence-corrected chi connectivity index (χ4v) is 1.90. The zero-order valence-electron chi connectivity index (χ0n) is 11.4. The van der Waals surface area contributed by atoms with Crippen molar-refractivity contribution in [3.8, 4) is 0 Å². The number of nitrogens with zero attached hydrogens (tertiary/aromatic N) is 1. The molecule has 0 saturated heterocycles. The molecule has 2 rings (SSSR count). The Kier molecular flexibility index (Phi) is 5.79. The third kappa shape index (κ3) is 5.28. The minimum Gasteiger partial charge on any atom is -0.375 e. The lowest BCUT2D eigenvalue weighted by atomic mass is 10.2. The number of hydrogen-bond acceptors (Lipinski definition) is 3. The Morgan fingerprint density at radius 3 is 2.57 bits per heavy atom. The first kappa shape index (κ1) is 15.1. The van der Waals surface area contributed by atoms with E-state index in [1.165, 1.54) is 0 Å². The van der Waals surface area contributed by atoms with Crippen LogP contribution in [0.1, 0.15) is 5.56 Å². The van der Waals surface area contributed by atoms with Crippen LogP contribution in [0.25, 0.3) is 0 Å². The number of hydrogen-bond donors (Lipinski definition) is 2. The zero-order chi connectivity index (χ0) is 14.9. The summed E-state index contributed by atoms with van der Waals surface area (Å²) in [6.45, 7) is 0.117. The molecule has 0 radical (unpaired) electrons. The molecule has 0 heterocycles. The third-order valence-corrected chi connectivity index (χ3v) is 3.09. The van der Waals surface area contributed by atoms with Gasteiger partial charge in [-0.25, -0.2) is 5.43 Å².